The SMILES string of the molecule is Fc1cc2c(Cl)ccc(COc3c(F)ccnc3C3CCNCC3)c2o1. The highest BCUT2D eigenvalue weighted by Crippen LogP contribution is 2.34. The summed E-state index contributed by atoms with van der Waals surface area (Å²) in [6, 6.07) is 5.12. The van der Waals surface area contributed by atoms with Crippen molar-refractivity contribution in [3.05, 3.63) is 58.6 Å². The number of ether oxygens (including phenoxy) is 1. The molecule has 3 heterocycles. The molecule has 0 aliphatic carbocycles. The van der Waals surface area contributed by atoms with Crippen LogP contribution >= 0.6 is 11.6 Å². The van der Waals surface area contributed by atoms with E-state index in [1.807, 2.05) is 0 Å². The van der Waals surface area contributed by atoms with Crippen LogP contribution in [0.3, 0.4) is 0 Å². The summed E-state index contributed by atoms with van der Waals surface area (Å²) in [5, 5.41) is 4.14. The fourth-order valence-electron chi connectivity index (χ4n) is 3.35. The van der Waals surface area contributed by atoms with E-state index in [-0.39, 0.29) is 18.3 Å². The molecule has 4 rings (SSSR count). The third kappa shape index (κ3) is 3.27. The zero-order valence-electron chi connectivity index (χ0n) is 13.9. The summed E-state index contributed by atoms with van der Waals surface area (Å²) in [4.78, 5) is 4.36. The molecule has 1 aliphatic rings. The molecular weight excluding hydrogens is 362 g/mol. The summed E-state index contributed by atoms with van der Waals surface area (Å²) >= 11 is 6.07. The average molecular weight is 379 g/mol. The molecule has 7 heteroatoms. The van der Waals surface area contributed by atoms with Crippen LogP contribution in [0.1, 0.15) is 30.0 Å². The van der Waals surface area contributed by atoms with Gasteiger partial charge in [0.1, 0.15) is 12.2 Å². The van der Waals surface area contributed by atoms with Gasteiger partial charge >= 0.3 is 0 Å². The molecule has 1 aliphatic heterocycles. The molecule has 136 valence electrons. The van der Waals surface area contributed by atoms with Gasteiger partial charge in [-0.05, 0) is 38.1 Å². The van der Waals surface area contributed by atoms with Gasteiger partial charge in [-0.2, -0.15) is 4.39 Å². The van der Waals surface area contributed by atoms with Crippen molar-refractivity contribution >= 4 is 22.6 Å². The number of hydrogen-bond acceptors (Lipinski definition) is 4. The first-order chi connectivity index (χ1) is 12.6. The maximum Gasteiger partial charge on any atom is 0.278 e. The van der Waals surface area contributed by atoms with Crippen LogP contribution < -0.4 is 10.1 Å². The smallest absolute Gasteiger partial charge is 0.278 e. The first kappa shape index (κ1) is 17.2. The van der Waals surface area contributed by atoms with E-state index in [4.69, 9.17) is 20.8 Å². The molecule has 0 bridgehead atoms. The monoisotopic (exact) mass is 378 g/mol. The summed E-state index contributed by atoms with van der Waals surface area (Å²) in [6.45, 7) is 1.76. The lowest BCUT2D eigenvalue weighted by atomic mass is 9.93. The third-order valence-corrected chi connectivity index (χ3v) is 4.99. The molecule has 1 N–H and O–H groups in total. The maximum absolute atomic E-state index is 14.4. The standard InChI is InChI=1S/C19H17ClF2N2O2/c20-14-2-1-12(18-13(14)9-16(22)26-18)10-25-19-15(21)5-8-24-17(19)11-3-6-23-7-4-11/h1-2,5,8-9,11,23H,3-4,6-7,10H2. The Labute approximate surface area is 154 Å². The van der Waals surface area contributed by atoms with Gasteiger partial charge in [-0.1, -0.05) is 17.7 Å². The van der Waals surface area contributed by atoms with Crippen LogP contribution in [-0.2, 0) is 6.61 Å². The Hall–Kier alpha value is -2.18. The van der Waals surface area contributed by atoms with Crippen LogP contribution in [0.5, 0.6) is 5.75 Å². The van der Waals surface area contributed by atoms with E-state index in [9.17, 15) is 8.78 Å². The minimum absolute atomic E-state index is 0.0290. The number of halogens is 3. The first-order valence-electron chi connectivity index (χ1n) is 8.48. The van der Waals surface area contributed by atoms with E-state index >= 15 is 0 Å². The molecule has 0 saturated carbocycles. The van der Waals surface area contributed by atoms with Crippen LogP contribution in [0.15, 0.2) is 34.9 Å². The van der Waals surface area contributed by atoms with Crippen molar-refractivity contribution in [3.8, 4) is 5.75 Å². The second-order valence-electron chi connectivity index (χ2n) is 6.32. The van der Waals surface area contributed by atoms with Crippen LogP contribution in [-0.4, -0.2) is 18.1 Å². The summed E-state index contributed by atoms with van der Waals surface area (Å²) in [6.07, 6.45) is 3.21. The molecule has 1 fully saturated rings. The minimum Gasteiger partial charge on any atom is -0.484 e. The number of furan rings is 1. The second-order valence-corrected chi connectivity index (χ2v) is 6.73. The highest BCUT2D eigenvalue weighted by Gasteiger charge is 2.23. The fraction of sp³-hybridized carbons (Fsp3) is 0.316. The summed E-state index contributed by atoms with van der Waals surface area (Å²) < 4.78 is 38.8. The summed E-state index contributed by atoms with van der Waals surface area (Å²) in [7, 11) is 0. The van der Waals surface area contributed by atoms with Gasteiger partial charge in [0.15, 0.2) is 11.6 Å². The number of rotatable bonds is 4. The number of aromatic nitrogens is 1. The lowest BCUT2D eigenvalue weighted by Crippen LogP contribution is -2.27. The minimum atomic E-state index is -0.725. The zero-order valence-corrected chi connectivity index (χ0v) is 14.7. The largest absolute Gasteiger partial charge is 0.484 e. The van der Waals surface area contributed by atoms with Crippen molar-refractivity contribution < 1.29 is 17.9 Å². The molecule has 3 aromatic rings. The number of pyridine rings is 1. The molecule has 0 spiro atoms. The fourth-order valence-corrected chi connectivity index (χ4v) is 3.55. The molecule has 4 nitrogen and oxygen atoms in total. The Morgan fingerprint density at radius 1 is 1.23 bits per heavy atom. The van der Waals surface area contributed by atoms with Gasteiger partial charge in [0.25, 0.3) is 6.01 Å². The Morgan fingerprint density at radius 2 is 2.04 bits per heavy atom. The van der Waals surface area contributed by atoms with E-state index in [0.29, 0.717) is 27.2 Å². The Bertz CT molecular complexity index is 939. The quantitative estimate of drug-likeness (QED) is 0.708. The predicted molar refractivity (Wildman–Crippen MR) is 94.6 cm³/mol. The van der Waals surface area contributed by atoms with Gasteiger partial charge in [0.05, 0.1) is 10.7 Å². The Kier molecular flexibility index (Phi) is 4.78. The molecule has 0 radical (unpaired) electrons. The molecule has 0 amide bonds. The Morgan fingerprint density at radius 3 is 2.85 bits per heavy atom. The lowest BCUT2D eigenvalue weighted by Gasteiger charge is -2.24. The maximum atomic E-state index is 14.4. The van der Waals surface area contributed by atoms with Crippen molar-refractivity contribution in [1.29, 1.82) is 0 Å². The van der Waals surface area contributed by atoms with Gasteiger partial charge in [-0.15, -0.1) is 0 Å². The van der Waals surface area contributed by atoms with Gasteiger partial charge in [-0.3, -0.25) is 4.98 Å². The van der Waals surface area contributed by atoms with Crippen LogP contribution in [0, 0.1) is 11.8 Å². The second kappa shape index (κ2) is 7.21. The van der Waals surface area contributed by atoms with Gasteiger partial charge in [0, 0.05) is 29.1 Å². The third-order valence-electron chi connectivity index (χ3n) is 4.66. The topological polar surface area (TPSA) is 47.3 Å². The summed E-state index contributed by atoms with van der Waals surface area (Å²) in [5.41, 5.74) is 1.53. The van der Waals surface area contributed by atoms with Gasteiger partial charge < -0.3 is 14.5 Å². The summed E-state index contributed by atoms with van der Waals surface area (Å²) in [5.74, 6) is -0.160. The van der Waals surface area contributed by atoms with E-state index < -0.39 is 11.8 Å². The van der Waals surface area contributed by atoms with Crippen molar-refractivity contribution in [2.75, 3.05) is 13.1 Å². The molecule has 1 aromatic carbocycles. The molecular formula is C19H17ClF2N2O2. The average Bonchev–Trinajstić information content (AvgIpc) is 3.05. The van der Waals surface area contributed by atoms with Crippen molar-refractivity contribution in [2.24, 2.45) is 0 Å². The van der Waals surface area contributed by atoms with Crippen molar-refractivity contribution in [3.63, 3.8) is 0 Å². The predicted octanol–water partition coefficient (Wildman–Crippen LogP) is 4.81. The number of piperidine rings is 1. The van der Waals surface area contributed by atoms with Gasteiger partial charge in [0.2, 0.25) is 0 Å². The lowest BCUT2D eigenvalue weighted by molar-refractivity contribution is 0.277. The number of fused-ring (bicyclic) bond motifs is 1. The first-order valence-corrected chi connectivity index (χ1v) is 8.85. The highest BCUT2D eigenvalue weighted by molar-refractivity contribution is 6.35. The number of nitrogens with zero attached hydrogens (tertiary/aromatic N) is 1. The van der Waals surface area contributed by atoms with E-state index in [1.54, 1.807) is 12.1 Å². The molecule has 0 unspecified atom stereocenters. The zero-order chi connectivity index (χ0) is 18.1. The number of benzene rings is 1. The van der Waals surface area contributed by atoms with Crippen molar-refractivity contribution in [1.82, 2.24) is 10.3 Å². The highest BCUT2D eigenvalue weighted by atomic mass is 35.5. The molecule has 2 aromatic heterocycles. The molecule has 26 heavy (non-hydrogen) atoms. The van der Waals surface area contributed by atoms with E-state index in [1.165, 1.54) is 18.3 Å². The van der Waals surface area contributed by atoms with Crippen LogP contribution in [0.2, 0.25) is 5.02 Å². The number of nitrogens with one attached hydrogen (secondary N) is 1. The van der Waals surface area contributed by atoms with E-state index in [0.717, 1.165) is 25.9 Å². The van der Waals surface area contributed by atoms with Crippen molar-refractivity contribution in [2.45, 2.75) is 25.4 Å². The van der Waals surface area contributed by atoms with Crippen LogP contribution in [0.25, 0.3) is 11.0 Å². The van der Waals surface area contributed by atoms with E-state index in [2.05, 4.69) is 10.3 Å². The number of hydrogen-bond donors (Lipinski definition) is 1. The normalized spacial score (nSPS) is 15.5. The van der Waals surface area contributed by atoms with Crippen LogP contribution in [0.4, 0.5) is 8.78 Å². The van der Waals surface area contributed by atoms with Gasteiger partial charge in [-0.25, -0.2) is 4.39 Å². The molecule has 1 saturated heterocycles. The molecule has 0 atom stereocenters. The Balaban J connectivity index is 1.63.